The van der Waals surface area contributed by atoms with Crippen LogP contribution in [0, 0.1) is 0 Å². The van der Waals surface area contributed by atoms with Crippen LogP contribution in [0.4, 0.5) is 0 Å². The third-order valence-electron chi connectivity index (χ3n) is 2.03. The summed E-state index contributed by atoms with van der Waals surface area (Å²) in [6.45, 7) is 0.616. The van der Waals surface area contributed by atoms with E-state index in [4.69, 9.17) is 18.9 Å². The Morgan fingerprint density at radius 3 is 3.08 bits per heavy atom. The van der Waals surface area contributed by atoms with E-state index in [2.05, 4.69) is 4.99 Å². The van der Waals surface area contributed by atoms with Crippen LogP contribution in [-0.4, -0.2) is 25.5 Å². The Hall–Kier alpha value is -1.65. The predicted octanol–water partition coefficient (Wildman–Crippen LogP) is 0.501. The van der Waals surface area contributed by atoms with Crippen LogP contribution in [-0.2, 0) is 18.9 Å². The zero-order chi connectivity index (χ0) is 8.73. The Labute approximate surface area is 74.2 Å². The molecule has 1 atom stereocenters. The maximum atomic E-state index is 5.37. The van der Waals surface area contributed by atoms with Crippen molar-refractivity contribution in [2.75, 3.05) is 13.4 Å². The van der Waals surface area contributed by atoms with Gasteiger partial charge in [0, 0.05) is 6.08 Å². The lowest BCUT2D eigenvalue weighted by Crippen LogP contribution is -2.30. The third-order valence-corrected chi connectivity index (χ3v) is 2.03. The van der Waals surface area contributed by atoms with Crippen molar-refractivity contribution in [3.63, 3.8) is 0 Å². The van der Waals surface area contributed by atoms with E-state index < -0.39 is 5.72 Å². The summed E-state index contributed by atoms with van der Waals surface area (Å²) in [6, 6.07) is 0. The van der Waals surface area contributed by atoms with Crippen LogP contribution in [0.5, 0.6) is 0 Å². The number of hydrogen-bond donors (Lipinski definition) is 0. The van der Waals surface area contributed by atoms with Gasteiger partial charge >= 0.3 is 0 Å². The maximum absolute atomic E-state index is 5.37. The molecular formula is C8H7NO4. The van der Waals surface area contributed by atoms with E-state index in [1.165, 1.54) is 12.7 Å². The van der Waals surface area contributed by atoms with Crippen LogP contribution in [0.2, 0.25) is 0 Å². The molecule has 1 fully saturated rings. The summed E-state index contributed by atoms with van der Waals surface area (Å²) in [6.07, 6.45) is 4.65. The van der Waals surface area contributed by atoms with Crippen molar-refractivity contribution >= 4 is 6.40 Å². The second kappa shape index (κ2) is 2.18. The van der Waals surface area contributed by atoms with E-state index in [-0.39, 0.29) is 6.79 Å². The first-order valence-corrected chi connectivity index (χ1v) is 3.90. The van der Waals surface area contributed by atoms with Crippen molar-refractivity contribution in [3.8, 4) is 0 Å². The van der Waals surface area contributed by atoms with Crippen molar-refractivity contribution in [2.45, 2.75) is 5.72 Å². The fourth-order valence-corrected chi connectivity index (χ4v) is 1.36. The molecule has 3 heterocycles. The number of nitrogens with zero attached hydrogens (tertiary/aromatic N) is 1. The van der Waals surface area contributed by atoms with Gasteiger partial charge in [0.2, 0.25) is 6.79 Å². The number of ether oxygens (including phenoxy) is 4. The summed E-state index contributed by atoms with van der Waals surface area (Å²) in [5, 5.41) is 0. The average Bonchev–Trinajstić information content (AvgIpc) is 2.74. The van der Waals surface area contributed by atoms with Gasteiger partial charge in [-0.2, -0.15) is 0 Å². The molecule has 5 heteroatoms. The van der Waals surface area contributed by atoms with E-state index in [9.17, 15) is 0 Å². The molecule has 0 aliphatic carbocycles. The number of aliphatic imine (C=N–C) groups is 1. The standard InChI is InChI=1S/C8H7NO4/c1-6-7(12-5-11-6)2-13-8(1)3-10-4-9-8/h1-2,4H,3,5H2. The Morgan fingerprint density at radius 2 is 2.23 bits per heavy atom. The van der Waals surface area contributed by atoms with Crippen LogP contribution in [0.15, 0.2) is 28.8 Å². The molecule has 68 valence electrons. The highest BCUT2D eigenvalue weighted by Gasteiger charge is 2.39. The summed E-state index contributed by atoms with van der Waals surface area (Å²) in [5.74, 6) is 1.29. The molecule has 3 rings (SSSR count). The van der Waals surface area contributed by atoms with Crippen molar-refractivity contribution < 1.29 is 18.9 Å². The Bertz CT molecular complexity index is 333. The lowest BCUT2D eigenvalue weighted by molar-refractivity contribution is 0.0385. The largest absolute Gasteiger partial charge is 0.477 e. The first-order valence-electron chi connectivity index (χ1n) is 3.90. The molecule has 0 aromatic rings. The highest BCUT2D eigenvalue weighted by molar-refractivity contribution is 5.51. The van der Waals surface area contributed by atoms with Crippen molar-refractivity contribution in [1.29, 1.82) is 0 Å². The molecule has 1 spiro atoms. The molecule has 3 aliphatic heterocycles. The number of hydrogen-bond acceptors (Lipinski definition) is 5. The quantitative estimate of drug-likeness (QED) is 0.546. The monoisotopic (exact) mass is 181 g/mol. The van der Waals surface area contributed by atoms with Crippen molar-refractivity contribution in [3.05, 3.63) is 23.9 Å². The minimum Gasteiger partial charge on any atom is -0.477 e. The molecule has 0 bridgehead atoms. The molecule has 0 aromatic heterocycles. The van der Waals surface area contributed by atoms with Gasteiger partial charge in [-0.25, -0.2) is 4.99 Å². The van der Waals surface area contributed by atoms with E-state index in [0.717, 1.165) is 0 Å². The highest BCUT2D eigenvalue weighted by atomic mass is 16.7. The summed E-state index contributed by atoms with van der Waals surface area (Å²) in [7, 11) is 0. The molecule has 1 saturated heterocycles. The van der Waals surface area contributed by atoms with E-state index >= 15 is 0 Å². The summed E-state index contributed by atoms with van der Waals surface area (Å²) < 4.78 is 20.7. The number of fused-ring (bicyclic) bond motifs is 1. The predicted molar refractivity (Wildman–Crippen MR) is 41.5 cm³/mol. The van der Waals surface area contributed by atoms with Crippen molar-refractivity contribution in [1.82, 2.24) is 0 Å². The van der Waals surface area contributed by atoms with E-state index in [1.807, 2.05) is 0 Å². The van der Waals surface area contributed by atoms with Crippen LogP contribution in [0.25, 0.3) is 0 Å². The molecule has 5 nitrogen and oxygen atoms in total. The molecule has 0 saturated carbocycles. The first kappa shape index (κ1) is 6.82. The lowest BCUT2D eigenvalue weighted by atomic mass is 10.2. The Balaban J connectivity index is 1.97. The van der Waals surface area contributed by atoms with Crippen LogP contribution >= 0.6 is 0 Å². The van der Waals surface area contributed by atoms with Gasteiger partial charge in [0.15, 0.2) is 24.5 Å². The molecule has 3 aliphatic rings. The summed E-state index contributed by atoms with van der Waals surface area (Å²) in [5.41, 5.74) is -0.730. The van der Waals surface area contributed by atoms with Crippen LogP contribution in [0.3, 0.4) is 0 Å². The van der Waals surface area contributed by atoms with Gasteiger partial charge in [0.1, 0.15) is 6.26 Å². The van der Waals surface area contributed by atoms with Gasteiger partial charge in [-0.05, 0) is 0 Å². The smallest absolute Gasteiger partial charge is 0.259 e. The lowest BCUT2D eigenvalue weighted by Gasteiger charge is -2.22. The normalized spacial score (nSPS) is 33.8. The SMILES string of the molecule is C1=NC2(C=C3OCOC3=CO2)CO1. The van der Waals surface area contributed by atoms with Gasteiger partial charge in [-0.1, -0.05) is 0 Å². The van der Waals surface area contributed by atoms with Crippen LogP contribution in [0.1, 0.15) is 0 Å². The molecule has 0 amide bonds. The fraction of sp³-hybridized carbons (Fsp3) is 0.375. The first-order chi connectivity index (χ1) is 6.38. The second-order valence-corrected chi connectivity index (χ2v) is 2.91. The zero-order valence-electron chi connectivity index (χ0n) is 6.73. The highest BCUT2D eigenvalue weighted by Crippen LogP contribution is 2.33. The Kier molecular flexibility index (Phi) is 1.15. The maximum Gasteiger partial charge on any atom is 0.259 e. The Morgan fingerprint density at radius 1 is 1.31 bits per heavy atom. The summed E-state index contributed by atoms with van der Waals surface area (Å²) >= 11 is 0. The van der Waals surface area contributed by atoms with E-state index in [0.29, 0.717) is 18.1 Å². The third kappa shape index (κ3) is 0.898. The zero-order valence-corrected chi connectivity index (χ0v) is 6.73. The molecule has 0 radical (unpaired) electrons. The van der Waals surface area contributed by atoms with Gasteiger partial charge < -0.3 is 18.9 Å². The summed E-state index contributed by atoms with van der Waals surface area (Å²) in [4.78, 5) is 4.06. The van der Waals surface area contributed by atoms with Crippen LogP contribution < -0.4 is 0 Å². The minimum absolute atomic E-state index is 0.238. The second-order valence-electron chi connectivity index (χ2n) is 2.91. The van der Waals surface area contributed by atoms with E-state index in [1.54, 1.807) is 6.08 Å². The molecular weight excluding hydrogens is 174 g/mol. The van der Waals surface area contributed by atoms with Gasteiger partial charge in [0.25, 0.3) is 5.72 Å². The minimum atomic E-state index is -0.730. The van der Waals surface area contributed by atoms with Gasteiger partial charge in [-0.3, -0.25) is 0 Å². The van der Waals surface area contributed by atoms with Gasteiger partial charge in [-0.15, -0.1) is 0 Å². The van der Waals surface area contributed by atoms with Crippen molar-refractivity contribution in [2.24, 2.45) is 4.99 Å². The molecule has 0 N–H and O–H groups in total. The fourth-order valence-electron chi connectivity index (χ4n) is 1.36. The van der Waals surface area contributed by atoms with Gasteiger partial charge in [0.05, 0.1) is 0 Å². The molecule has 13 heavy (non-hydrogen) atoms. The topological polar surface area (TPSA) is 49.3 Å². The number of rotatable bonds is 0. The molecule has 0 aromatic carbocycles. The molecule has 1 unspecified atom stereocenters. The average molecular weight is 181 g/mol.